The predicted octanol–water partition coefficient (Wildman–Crippen LogP) is 2.50. The number of nitrogens with two attached hydrogens (primary N) is 1. The van der Waals surface area contributed by atoms with Crippen LogP contribution in [0.3, 0.4) is 0 Å². The highest BCUT2D eigenvalue weighted by molar-refractivity contribution is 5.68. The van der Waals surface area contributed by atoms with Crippen molar-refractivity contribution in [3.8, 4) is 0 Å². The van der Waals surface area contributed by atoms with Crippen LogP contribution in [0.2, 0.25) is 0 Å². The van der Waals surface area contributed by atoms with Gasteiger partial charge in [-0.2, -0.15) is 0 Å². The molecule has 0 saturated carbocycles. The average molecular weight is 307 g/mol. The number of carbonyl (C=O) groups is 1. The fraction of sp³-hybridized carbons (Fsp3) is 0.400. The van der Waals surface area contributed by atoms with Crippen molar-refractivity contribution in [2.24, 2.45) is 5.73 Å². The Hall–Kier alpha value is -2.57. The molecule has 0 aliphatic carbocycles. The number of benzene rings is 1. The molecule has 22 heavy (non-hydrogen) atoms. The number of amides is 1. The fourth-order valence-corrected chi connectivity index (χ4v) is 1.71. The van der Waals surface area contributed by atoms with E-state index in [9.17, 15) is 14.9 Å². The van der Waals surface area contributed by atoms with Gasteiger partial charge < -0.3 is 15.8 Å². The van der Waals surface area contributed by atoms with E-state index in [0.717, 1.165) is 5.56 Å². The van der Waals surface area contributed by atoms with Gasteiger partial charge in [-0.3, -0.25) is 10.1 Å². The number of nitrogens with zero attached hydrogens (tertiary/aromatic N) is 1. The number of nitro groups is 1. The second-order valence-electron chi connectivity index (χ2n) is 5.90. The molecule has 0 unspecified atom stereocenters. The third-order valence-corrected chi connectivity index (χ3v) is 2.73. The summed E-state index contributed by atoms with van der Waals surface area (Å²) in [5, 5.41) is 13.3. The van der Waals surface area contributed by atoms with Gasteiger partial charge in [0.15, 0.2) is 0 Å². The molecular weight excluding hydrogens is 286 g/mol. The fourth-order valence-electron chi connectivity index (χ4n) is 1.71. The molecule has 0 saturated heterocycles. The van der Waals surface area contributed by atoms with E-state index in [1.54, 1.807) is 32.9 Å². The Bertz CT molecular complexity index is 561. The van der Waals surface area contributed by atoms with Gasteiger partial charge in [0.2, 0.25) is 0 Å². The summed E-state index contributed by atoms with van der Waals surface area (Å²) in [4.78, 5) is 21.9. The van der Waals surface area contributed by atoms with E-state index in [1.807, 2.05) is 0 Å². The van der Waals surface area contributed by atoms with E-state index < -0.39 is 22.7 Å². The molecule has 7 nitrogen and oxygen atoms in total. The molecule has 1 aromatic rings. The lowest BCUT2D eigenvalue weighted by molar-refractivity contribution is -0.384. The van der Waals surface area contributed by atoms with E-state index in [-0.39, 0.29) is 11.4 Å². The maximum atomic E-state index is 11.8. The van der Waals surface area contributed by atoms with Gasteiger partial charge >= 0.3 is 6.09 Å². The number of nitrogens with one attached hydrogen (secondary N) is 1. The normalized spacial score (nSPS) is 12.3. The Labute approximate surface area is 129 Å². The van der Waals surface area contributed by atoms with Crippen LogP contribution < -0.4 is 11.1 Å². The molecule has 0 aromatic heterocycles. The largest absolute Gasteiger partial charge is 0.444 e. The molecule has 0 spiro atoms. The summed E-state index contributed by atoms with van der Waals surface area (Å²) < 4.78 is 5.17. The molecule has 3 N–H and O–H groups in total. The maximum absolute atomic E-state index is 11.8. The van der Waals surface area contributed by atoms with Gasteiger partial charge in [-0.15, -0.1) is 0 Å². The number of ether oxygens (including phenoxy) is 1. The Morgan fingerprint density at radius 1 is 1.41 bits per heavy atom. The molecule has 0 fully saturated rings. The van der Waals surface area contributed by atoms with Crippen LogP contribution in [0.15, 0.2) is 36.5 Å². The lowest BCUT2D eigenvalue weighted by Gasteiger charge is -2.23. The lowest BCUT2D eigenvalue weighted by Crippen LogP contribution is -2.42. The Balaban J connectivity index is 2.74. The van der Waals surface area contributed by atoms with Crippen LogP contribution in [-0.2, 0) is 11.2 Å². The van der Waals surface area contributed by atoms with Gasteiger partial charge in [-0.1, -0.05) is 18.7 Å². The number of carbonyl (C=O) groups excluding carboxylic acids is 1. The van der Waals surface area contributed by atoms with Crippen LogP contribution in [-0.4, -0.2) is 22.7 Å². The topological polar surface area (TPSA) is 107 Å². The van der Waals surface area contributed by atoms with Crippen molar-refractivity contribution < 1.29 is 14.5 Å². The van der Waals surface area contributed by atoms with Crippen molar-refractivity contribution in [2.45, 2.75) is 38.8 Å². The standard InChI is InChI=1S/C15H21N3O4/c1-10(16)13(17-14(19)22-15(2,3)4)9-11-5-7-12(8-6-11)18(20)21/h5-8,13H,1,9,16H2,2-4H3,(H,17,19)/t13-/m0/s1. The van der Waals surface area contributed by atoms with Crippen LogP contribution in [0.25, 0.3) is 0 Å². The molecule has 0 bridgehead atoms. The summed E-state index contributed by atoms with van der Waals surface area (Å²) in [5.74, 6) is 0. The summed E-state index contributed by atoms with van der Waals surface area (Å²) in [5.41, 5.74) is 6.17. The van der Waals surface area contributed by atoms with Gasteiger partial charge in [0.25, 0.3) is 5.69 Å². The summed E-state index contributed by atoms with van der Waals surface area (Å²) in [6.07, 6.45) is -0.224. The molecule has 7 heteroatoms. The minimum atomic E-state index is -0.613. The predicted molar refractivity (Wildman–Crippen MR) is 83.3 cm³/mol. The van der Waals surface area contributed by atoms with Crippen molar-refractivity contribution >= 4 is 11.8 Å². The molecule has 0 aliphatic rings. The zero-order valence-electron chi connectivity index (χ0n) is 13.0. The van der Waals surface area contributed by atoms with Crippen molar-refractivity contribution in [1.82, 2.24) is 5.32 Å². The number of non-ortho nitro benzene ring substituents is 1. The third kappa shape index (κ3) is 5.82. The minimum Gasteiger partial charge on any atom is -0.444 e. The summed E-state index contributed by atoms with van der Waals surface area (Å²) in [7, 11) is 0. The highest BCUT2D eigenvalue weighted by Gasteiger charge is 2.20. The first-order valence-corrected chi connectivity index (χ1v) is 6.75. The number of nitro benzene ring substituents is 1. The van der Waals surface area contributed by atoms with Crippen LogP contribution in [0, 0.1) is 10.1 Å². The van der Waals surface area contributed by atoms with Gasteiger partial charge in [0.1, 0.15) is 5.60 Å². The van der Waals surface area contributed by atoms with E-state index in [0.29, 0.717) is 6.42 Å². The number of rotatable bonds is 5. The van der Waals surface area contributed by atoms with Crippen molar-refractivity contribution in [1.29, 1.82) is 0 Å². The van der Waals surface area contributed by atoms with Gasteiger partial charge in [-0.05, 0) is 32.8 Å². The van der Waals surface area contributed by atoms with Crippen molar-refractivity contribution in [3.63, 3.8) is 0 Å². The number of alkyl carbamates (subject to hydrolysis) is 1. The monoisotopic (exact) mass is 307 g/mol. The molecular formula is C15H21N3O4. The highest BCUT2D eigenvalue weighted by Crippen LogP contribution is 2.14. The molecule has 1 rings (SSSR count). The molecule has 1 amide bonds. The van der Waals surface area contributed by atoms with Crippen molar-refractivity contribution in [2.75, 3.05) is 0 Å². The Morgan fingerprint density at radius 2 is 1.95 bits per heavy atom. The molecule has 120 valence electrons. The van der Waals surface area contributed by atoms with E-state index in [4.69, 9.17) is 10.5 Å². The Kier molecular flexibility index (Phi) is 5.50. The van der Waals surface area contributed by atoms with E-state index in [2.05, 4.69) is 11.9 Å². The molecule has 0 heterocycles. The first kappa shape index (κ1) is 17.5. The molecule has 0 radical (unpaired) electrons. The van der Waals surface area contributed by atoms with Crippen LogP contribution in [0.5, 0.6) is 0 Å². The second-order valence-corrected chi connectivity index (χ2v) is 5.90. The number of hydrogen-bond donors (Lipinski definition) is 2. The SMILES string of the molecule is C=C(N)[C@H](Cc1ccc([N+](=O)[O-])cc1)NC(=O)OC(C)(C)C. The van der Waals surface area contributed by atoms with Crippen LogP contribution >= 0.6 is 0 Å². The first-order chi connectivity index (χ1) is 10.1. The molecule has 0 aliphatic heterocycles. The first-order valence-electron chi connectivity index (χ1n) is 6.75. The molecule has 1 atom stereocenters. The summed E-state index contributed by atoms with van der Waals surface area (Å²) in [6, 6.07) is 5.52. The van der Waals surface area contributed by atoms with E-state index in [1.165, 1.54) is 12.1 Å². The van der Waals surface area contributed by atoms with Gasteiger partial charge in [-0.25, -0.2) is 4.79 Å². The minimum absolute atomic E-state index is 0.00646. The number of hydrogen-bond acceptors (Lipinski definition) is 5. The summed E-state index contributed by atoms with van der Waals surface area (Å²) in [6.45, 7) is 8.92. The van der Waals surface area contributed by atoms with Gasteiger partial charge in [0.05, 0.1) is 11.0 Å². The van der Waals surface area contributed by atoms with E-state index >= 15 is 0 Å². The zero-order chi connectivity index (χ0) is 16.9. The smallest absolute Gasteiger partial charge is 0.408 e. The van der Waals surface area contributed by atoms with Crippen LogP contribution in [0.1, 0.15) is 26.3 Å². The quantitative estimate of drug-likeness (QED) is 0.642. The lowest BCUT2D eigenvalue weighted by atomic mass is 10.0. The summed E-state index contributed by atoms with van der Waals surface area (Å²) >= 11 is 0. The third-order valence-electron chi connectivity index (χ3n) is 2.73. The second kappa shape index (κ2) is 6.93. The Morgan fingerprint density at radius 3 is 2.36 bits per heavy atom. The zero-order valence-corrected chi connectivity index (χ0v) is 13.0. The average Bonchev–Trinajstić information content (AvgIpc) is 2.36. The highest BCUT2D eigenvalue weighted by atomic mass is 16.6. The maximum Gasteiger partial charge on any atom is 0.408 e. The molecule has 1 aromatic carbocycles. The van der Waals surface area contributed by atoms with Gasteiger partial charge in [0, 0.05) is 17.8 Å². The van der Waals surface area contributed by atoms with Crippen LogP contribution in [0.4, 0.5) is 10.5 Å². The van der Waals surface area contributed by atoms with Crippen molar-refractivity contribution in [3.05, 3.63) is 52.2 Å².